The number of H-pyrrole nitrogens is 1. The molecule has 10 heteroatoms. The van der Waals surface area contributed by atoms with Crippen LogP contribution in [-0.4, -0.2) is 34.0 Å². The normalized spacial score (nSPS) is 13.9. The summed E-state index contributed by atoms with van der Waals surface area (Å²) in [5, 5.41) is 13.0. The molecule has 2 N–H and O–H groups in total. The molecule has 0 unspecified atom stereocenters. The predicted octanol–water partition coefficient (Wildman–Crippen LogP) is 2.62. The van der Waals surface area contributed by atoms with Crippen LogP contribution in [0.25, 0.3) is 0 Å². The molecule has 3 nitrogen and oxygen atoms in total. The van der Waals surface area contributed by atoms with Crippen LogP contribution in [0.3, 0.4) is 0 Å². The number of aryl methyl sites for hydroxylation is 1. The van der Waals surface area contributed by atoms with Crippen molar-refractivity contribution in [2.24, 2.45) is 0 Å². The number of halogens is 7. The summed E-state index contributed by atoms with van der Waals surface area (Å²) in [5.74, 6) is -11.7. The molecule has 0 aromatic carbocycles. The lowest BCUT2D eigenvalue weighted by atomic mass is 10.0. The number of nitrogens with one attached hydrogen (secondary N) is 1. The van der Waals surface area contributed by atoms with Gasteiger partial charge in [-0.3, -0.25) is 5.10 Å². The molecule has 1 aromatic heterocycles. The van der Waals surface area contributed by atoms with Crippen molar-refractivity contribution in [2.45, 2.75) is 30.9 Å². The Balaban J connectivity index is 3.17. The first-order chi connectivity index (χ1) is 8.55. The van der Waals surface area contributed by atoms with Gasteiger partial charge >= 0.3 is 18.0 Å². The molecule has 1 aromatic rings. The van der Waals surface area contributed by atoms with Gasteiger partial charge in [-0.05, 0) is 18.4 Å². The van der Waals surface area contributed by atoms with Crippen LogP contribution in [0.15, 0.2) is 6.20 Å². The number of aromatic nitrogens is 2. The largest absolute Gasteiger partial charge is 0.460 e. The van der Waals surface area contributed by atoms with Gasteiger partial charge in [0.05, 0.1) is 6.20 Å². The Morgan fingerprint density at radius 2 is 1.68 bits per heavy atom. The van der Waals surface area contributed by atoms with Gasteiger partial charge in [0.15, 0.2) is 0 Å². The Labute approximate surface area is 102 Å². The molecule has 1 heterocycles. The monoisotopic (exact) mass is 294 g/mol. The number of hydrogen-bond acceptors (Lipinski definition) is 2. The zero-order valence-electron chi connectivity index (χ0n) is 9.24. The molecule has 0 aliphatic rings. The molecule has 0 atom stereocenters. The summed E-state index contributed by atoms with van der Waals surface area (Å²) in [6, 6.07) is 0. The Hall–Kier alpha value is -1.32. The second-order valence-corrected chi connectivity index (χ2v) is 3.74. The fourth-order valence-corrected chi connectivity index (χ4v) is 1.38. The van der Waals surface area contributed by atoms with Gasteiger partial charge < -0.3 is 5.11 Å². The van der Waals surface area contributed by atoms with E-state index in [9.17, 15) is 30.7 Å². The number of aromatic amines is 1. The van der Waals surface area contributed by atoms with Crippen molar-refractivity contribution in [3.8, 4) is 0 Å². The Bertz CT molecular complexity index is 426. The third kappa shape index (κ3) is 2.67. The molecule has 0 saturated carbocycles. The van der Waals surface area contributed by atoms with Crippen molar-refractivity contribution in [3.63, 3.8) is 0 Å². The third-order valence-electron chi connectivity index (χ3n) is 2.39. The van der Waals surface area contributed by atoms with Crippen molar-refractivity contribution >= 4 is 0 Å². The molecule has 110 valence electrons. The van der Waals surface area contributed by atoms with E-state index < -0.39 is 35.9 Å². The molecule has 0 amide bonds. The quantitative estimate of drug-likeness (QED) is 0.820. The maximum Gasteiger partial charge on any atom is 0.460 e. The van der Waals surface area contributed by atoms with Crippen molar-refractivity contribution in [2.75, 3.05) is 6.61 Å². The minimum Gasteiger partial charge on any atom is -0.396 e. The zero-order valence-corrected chi connectivity index (χ0v) is 9.24. The number of hydrogen-bond donors (Lipinski definition) is 2. The summed E-state index contributed by atoms with van der Waals surface area (Å²) >= 11 is 0. The van der Waals surface area contributed by atoms with E-state index in [-0.39, 0.29) is 12.8 Å². The van der Waals surface area contributed by atoms with E-state index in [2.05, 4.69) is 5.10 Å². The summed E-state index contributed by atoms with van der Waals surface area (Å²) < 4.78 is 88.3. The Morgan fingerprint density at radius 3 is 2.16 bits per heavy atom. The summed E-state index contributed by atoms with van der Waals surface area (Å²) in [6.45, 7) is -0.425. The minimum atomic E-state index is -6.39. The van der Waals surface area contributed by atoms with Gasteiger partial charge in [-0.15, -0.1) is 0 Å². The average Bonchev–Trinajstić information content (AvgIpc) is 2.73. The van der Waals surface area contributed by atoms with Gasteiger partial charge in [-0.25, -0.2) is 0 Å². The number of aliphatic hydroxyl groups is 1. The Morgan fingerprint density at radius 1 is 1.11 bits per heavy atom. The van der Waals surface area contributed by atoms with E-state index in [4.69, 9.17) is 5.11 Å². The topological polar surface area (TPSA) is 48.9 Å². The van der Waals surface area contributed by atoms with Gasteiger partial charge in [-0.2, -0.15) is 35.8 Å². The summed E-state index contributed by atoms with van der Waals surface area (Å²) in [5.41, 5.74) is -2.09. The Kier molecular flexibility index (Phi) is 4.13. The maximum absolute atomic E-state index is 13.3. The molecule has 0 bridgehead atoms. The lowest BCUT2D eigenvalue weighted by Crippen LogP contribution is -2.50. The molecule has 0 aliphatic carbocycles. The smallest absolute Gasteiger partial charge is 0.396 e. The van der Waals surface area contributed by atoms with Crippen LogP contribution in [0.4, 0.5) is 30.7 Å². The molecule has 1 rings (SSSR count). The van der Waals surface area contributed by atoms with Crippen LogP contribution < -0.4 is 0 Å². The van der Waals surface area contributed by atoms with E-state index in [1.807, 2.05) is 0 Å². The third-order valence-corrected chi connectivity index (χ3v) is 2.39. The summed E-state index contributed by atoms with van der Waals surface area (Å²) in [7, 11) is 0. The average molecular weight is 294 g/mol. The number of alkyl halides is 7. The maximum atomic E-state index is 13.3. The fraction of sp³-hybridized carbons (Fsp3) is 0.667. The van der Waals surface area contributed by atoms with Gasteiger partial charge in [0.1, 0.15) is 5.69 Å². The van der Waals surface area contributed by atoms with Crippen LogP contribution in [0.2, 0.25) is 0 Å². The predicted molar refractivity (Wildman–Crippen MR) is 48.9 cm³/mol. The second-order valence-electron chi connectivity index (χ2n) is 3.74. The highest BCUT2D eigenvalue weighted by Crippen LogP contribution is 2.51. The number of nitrogens with zero attached hydrogens (tertiary/aromatic N) is 1. The SMILES string of the molecule is OCCCc1cn[nH]c1C(F)(F)C(F)(F)C(F)(F)F. The zero-order chi connectivity index (χ0) is 14.9. The van der Waals surface area contributed by atoms with Crippen LogP contribution in [-0.2, 0) is 12.3 Å². The van der Waals surface area contributed by atoms with Crippen LogP contribution in [0, 0.1) is 0 Å². The molecular formula is C9H9F7N2O. The number of aliphatic hydroxyl groups excluding tert-OH is 1. The highest BCUT2D eigenvalue weighted by molar-refractivity contribution is 5.24. The molecule has 0 fully saturated rings. The first-order valence-electron chi connectivity index (χ1n) is 5.01. The van der Waals surface area contributed by atoms with Gasteiger partial charge in [0, 0.05) is 6.61 Å². The molecule has 0 saturated heterocycles. The van der Waals surface area contributed by atoms with E-state index >= 15 is 0 Å². The van der Waals surface area contributed by atoms with Crippen molar-refractivity contribution in [1.82, 2.24) is 10.2 Å². The first-order valence-corrected chi connectivity index (χ1v) is 5.01. The van der Waals surface area contributed by atoms with Gasteiger partial charge in [-0.1, -0.05) is 0 Å². The lowest BCUT2D eigenvalue weighted by molar-refractivity contribution is -0.360. The molecule has 0 aliphatic heterocycles. The molecule has 19 heavy (non-hydrogen) atoms. The van der Waals surface area contributed by atoms with Gasteiger partial charge in [0.2, 0.25) is 0 Å². The molecular weight excluding hydrogens is 285 g/mol. The minimum absolute atomic E-state index is 0.0692. The number of rotatable bonds is 5. The van der Waals surface area contributed by atoms with Crippen LogP contribution >= 0.6 is 0 Å². The second kappa shape index (κ2) is 4.99. The summed E-state index contributed by atoms with van der Waals surface area (Å²) in [6.07, 6.45) is -6.03. The van der Waals surface area contributed by atoms with Crippen LogP contribution in [0.1, 0.15) is 17.7 Å². The summed E-state index contributed by atoms with van der Waals surface area (Å²) in [4.78, 5) is 0. The van der Waals surface area contributed by atoms with E-state index in [0.29, 0.717) is 0 Å². The standard InChI is InChI=1S/C9H9F7N2O/c10-7(11,8(12,13)9(14,15)16)6-5(2-1-3-19)4-17-18-6/h4,19H,1-3H2,(H,17,18). The fourth-order valence-electron chi connectivity index (χ4n) is 1.38. The van der Waals surface area contributed by atoms with Gasteiger partial charge in [0.25, 0.3) is 0 Å². The van der Waals surface area contributed by atoms with E-state index in [1.165, 1.54) is 5.10 Å². The molecule has 0 spiro atoms. The highest BCUT2D eigenvalue weighted by atomic mass is 19.4. The van der Waals surface area contributed by atoms with Crippen molar-refractivity contribution in [1.29, 1.82) is 0 Å². The molecule has 0 radical (unpaired) electrons. The highest BCUT2D eigenvalue weighted by Gasteiger charge is 2.74. The van der Waals surface area contributed by atoms with Crippen LogP contribution in [0.5, 0.6) is 0 Å². The van der Waals surface area contributed by atoms with E-state index in [1.54, 1.807) is 0 Å². The first kappa shape index (κ1) is 15.7. The van der Waals surface area contributed by atoms with Crippen molar-refractivity contribution in [3.05, 3.63) is 17.5 Å². The van der Waals surface area contributed by atoms with Crippen molar-refractivity contribution < 1.29 is 35.8 Å². The van der Waals surface area contributed by atoms with E-state index in [0.717, 1.165) is 6.20 Å². The lowest BCUT2D eigenvalue weighted by Gasteiger charge is -2.27.